The largest absolute Gasteiger partial charge is 0.282 e. The number of H-pyrrole nitrogens is 2. The molecular formula is C16H22N4O2S2. The van der Waals surface area contributed by atoms with Gasteiger partial charge >= 0.3 is 0 Å². The molecule has 2 N–H and O–H groups in total. The molecule has 0 radical (unpaired) electrons. The fourth-order valence-electron chi connectivity index (χ4n) is 3.64. The van der Waals surface area contributed by atoms with Crippen LogP contribution in [0.1, 0.15) is 53.7 Å². The van der Waals surface area contributed by atoms with Gasteiger partial charge in [-0.15, -0.1) is 0 Å². The molecule has 0 spiro atoms. The van der Waals surface area contributed by atoms with E-state index in [1.807, 2.05) is 11.8 Å². The number of thioether (sulfide) groups is 1. The van der Waals surface area contributed by atoms with Crippen molar-refractivity contribution in [1.29, 1.82) is 0 Å². The van der Waals surface area contributed by atoms with Gasteiger partial charge in [0.1, 0.15) is 0 Å². The second-order valence-electron chi connectivity index (χ2n) is 7.03. The molecule has 8 heteroatoms. The van der Waals surface area contributed by atoms with Crippen LogP contribution in [-0.2, 0) is 40.6 Å². The van der Waals surface area contributed by atoms with E-state index in [-0.39, 0.29) is 11.5 Å². The Hall–Kier alpha value is -1.28. The molecule has 0 bridgehead atoms. The van der Waals surface area contributed by atoms with Crippen LogP contribution in [0.15, 0.2) is 0 Å². The molecule has 4 rings (SSSR count). The normalized spacial score (nSPS) is 22.4. The van der Waals surface area contributed by atoms with E-state index in [9.17, 15) is 8.42 Å². The average Bonchev–Trinajstić information content (AvgIpc) is 3.10. The minimum Gasteiger partial charge on any atom is -0.282 e. The van der Waals surface area contributed by atoms with Crippen molar-refractivity contribution < 1.29 is 8.42 Å². The number of nitrogens with zero attached hydrogens (tertiary/aromatic N) is 2. The summed E-state index contributed by atoms with van der Waals surface area (Å²) in [5, 5.41) is 15.5. The first-order chi connectivity index (χ1) is 11.4. The predicted octanol–water partition coefficient (Wildman–Crippen LogP) is 2.13. The van der Waals surface area contributed by atoms with Gasteiger partial charge in [-0.25, -0.2) is 8.42 Å². The number of hydrogen-bond donors (Lipinski definition) is 2. The number of fused-ring (bicyclic) bond motifs is 2. The maximum Gasteiger partial charge on any atom is 0.156 e. The third kappa shape index (κ3) is 2.90. The Morgan fingerprint density at radius 3 is 2.79 bits per heavy atom. The predicted molar refractivity (Wildman–Crippen MR) is 95.0 cm³/mol. The molecule has 1 unspecified atom stereocenters. The van der Waals surface area contributed by atoms with Gasteiger partial charge in [0.15, 0.2) is 9.84 Å². The summed E-state index contributed by atoms with van der Waals surface area (Å²) in [6.07, 6.45) is 2.44. The summed E-state index contributed by atoms with van der Waals surface area (Å²) < 4.78 is 23.5. The molecule has 2 aromatic heterocycles. The molecule has 0 saturated heterocycles. The van der Waals surface area contributed by atoms with Gasteiger partial charge in [0.25, 0.3) is 0 Å². The standard InChI is InChI=1S/C16H22N4O2S2/c1-9(2)16-12-7-23-10(6-14(12)18-20-16)5-13-11-3-4-24(21,22)8-15(11)19-17-13/h9-10H,3-8H2,1-2H3,(H,17,19)(H,18,20). The van der Waals surface area contributed by atoms with E-state index < -0.39 is 9.84 Å². The van der Waals surface area contributed by atoms with Gasteiger partial charge in [0, 0.05) is 35.1 Å². The van der Waals surface area contributed by atoms with Gasteiger partial charge in [-0.05, 0) is 17.9 Å². The summed E-state index contributed by atoms with van der Waals surface area (Å²) >= 11 is 1.96. The maximum absolute atomic E-state index is 11.7. The quantitative estimate of drug-likeness (QED) is 0.868. The fourth-order valence-corrected chi connectivity index (χ4v) is 6.26. The minimum absolute atomic E-state index is 0.107. The molecule has 130 valence electrons. The lowest BCUT2D eigenvalue weighted by Crippen LogP contribution is -2.21. The highest BCUT2D eigenvalue weighted by molar-refractivity contribution is 7.99. The second kappa shape index (κ2) is 5.91. The Balaban J connectivity index is 1.51. The topological polar surface area (TPSA) is 91.5 Å². The van der Waals surface area contributed by atoms with Crippen molar-refractivity contribution in [2.24, 2.45) is 0 Å². The van der Waals surface area contributed by atoms with Crippen molar-refractivity contribution in [1.82, 2.24) is 20.4 Å². The van der Waals surface area contributed by atoms with Gasteiger partial charge in [-0.3, -0.25) is 10.2 Å². The fraction of sp³-hybridized carbons (Fsp3) is 0.625. The first-order valence-electron chi connectivity index (χ1n) is 8.36. The van der Waals surface area contributed by atoms with Crippen LogP contribution in [0, 0.1) is 0 Å². The SMILES string of the molecule is CC(C)c1n[nH]c2c1CSC(Cc1n[nH]c3c1CCS(=O)(=O)C3)C2. The molecule has 0 aliphatic carbocycles. The zero-order chi connectivity index (χ0) is 16.9. The van der Waals surface area contributed by atoms with Gasteiger partial charge < -0.3 is 0 Å². The molecule has 0 amide bonds. The Morgan fingerprint density at radius 2 is 2.00 bits per heavy atom. The number of rotatable bonds is 3. The molecule has 1 atom stereocenters. The molecule has 0 aromatic carbocycles. The Labute approximate surface area is 146 Å². The molecule has 24 heavy (non-hydrogen) atoms. The Kier molecular flexibility index (Phi) is 3.99. The maximum atomic E-state index is 11.7. The lowest BCUT2D eigenvalue weighted by atomic mass is 10.0. The first kappa shape index (κ1) is 16.2. The van der Waals surface area contributed by atoms with Gasteiger partial charge in [-0.1, -0.05) is 13.8 Å². The van der Waals surface area contributed by atoms with Crippen molar-refractivity contribution in [3.05, 3.63) is 33.9 Å². The van der Waals surface area contributed by atoms with Crippen LogP contribution in [0.5, 0.6) is 0 Å². The number of aromatic amines is 2. The third-order valence-electron chi connectivity index (χ3n) is 4.91. The van der Waals surface area contributed by atoms with Crippen molar-refractivity contribution in [2.75, 3.05) is 5.75 Å². The van der Waals surface area contributed by atoms with E-state index in [0.717, 1.165) is 35.5 Å². The van der Waals surface area contributed by atoms with Crippen molar-refractivity contribution in [3.63, 3.8) is 0 Å². The monoisotopic (exact) mass is 366 g/mol. The van der Waals surface area contributed by atoms with Gasteiger partial charge in [-0.2, -0.15) is 22.0 Å². The van der Waals surface area contributed by atoms with Crippen LogP contribution in [0.3, 0.4) is 0 Å². The van der Waals surface area contributed by atoms with E-state index in [4.69, 9.17) is 0 Å². The number of sulfone groups is 1. The Bertz CT molecular complexity index is 867. The highest BCUT2D eigenvalue weighted by Gasteiger charge is 2.29. The summed E-state index contributed by atoms with van der Waals surface area (Å²) in [6.45, 7) is 4.36. The number of aromatic nitrogens is 4. The summed E-state index contributed by atoms with van der Waals surface area (Å²) in [6, 6.07) is 0. The van der Waals surface area contributed by atoms with Crippen LogP contribution in [0.4, 0.5) is 0 Å². The second-order valence-corrected chi connectivity index (χ2v) is 10.5. The molecular weight excluding hydrogens is 344 g/mol. The van der Waals surface area contributed by atoms with E-state index in [2.05, 4.69) is 34.2 Å². The molecule has 0 saturated carbocycles. The van der Waals surface area contributed by atoms with Crippen LogP contribution in [0.25, 0.3) is 0 Å². The van der Waals surface area contributed by atoms with E-state index >= 15 is 0 Å². The lowest BCUT2D eigenvalue weighted by molar-refractivity contribution is 0.590. The van der Waals surface area contributed by atoms with Gasteiger partial charge in [0.2, 0.25) is 0 Å². The van der Waals surface area contributed by atoms with E-state index in [0.29, 0.717) is 17.6 Å². The molecule has 4 heterocycles. The lowest BCUT2D eigenvalue weighted by Gasteiger charge is -2.22. The highest BCUT2D eigenvalue weighted by Crippen LogP contribution is 2.35. The molecule has 2 aliphatic heterocycles. The Morgan fingerprint density at radius 1 is 1.21 bits per heavy atom. The summed E-state index contributed by atoms with van der Waals surface area (Å²) in [7, 11) is -2.95. The third-order valence-corrected chi connectivity index (χ3v) is 7.73. The van der Waals surface area contributed by atoms with Crippen LogP contribution in [0.2, 0.25) is 0 Å². The van der Waals surface area contributed by atoms with Crippen molar-refractivity contribution >= 4 is 21.6 Å². The van der Waals surface area contributed by atoms with Gasteiger partial charge in [0.05, 0.1) is 28.6 Å². The van der Waals surface area contributed by atoms with E-state index in [1.165, 1.54) is 17.0 Å². The van der Waals surface area contributed by atoms with Crippen LogP contribution >= 0.6 is 11.8 Å². The van der Waals surface area contributed by atoms with E-state index in [1.54, 1.807) is 0 Å². The zero-order valence-electron chi connectivity index (χ0n) is 13.9. The molecule has 0 fully saturated rings. The number of nitrogens with one attached hydrogen (secondary N) is 2. The smallest absolute Gasteiger partial charge is 0.156 e. The van der Waals surface area contributed by atoms with Crippen molar-refractivity contribution in [2.45, 2.75) is 55.8 Å². The van der Waals surface area contributed by atoms with Crippen molar-refractivity contribution in [3.8, 4) is 0 Å². The summed E-state index contributed by atoms with van der Waals surface area (Å²) in [5.74, 6) is 1.79. The molecule has 2 aliphatic rings. The molecule has 6 nitrogen and oxygen atoms in total. The summed E-state index contributed by atoms with van der Waals surface area (Å²) in [5.41, 5.74) is 6.80. The van der Waals surface area contributed by atoms with Crippen LogP contribution < -0.4 is 0 Å². The molecule has 2 aromatic rings. The number of hydrogen-bond acceptors (Lipinski definition) is 5. The highest BCUT2D eigenvalue weighted by atomic mass is 32.2. The first-order valence-corrected chi connectivity index (χ1v) is 11.2. The summed E-state index contributed by atoms with van der Waals surface area (Å²) in [4.78, 5) is 0. The van der Waals surface area contributed by atoms with Crippen LogP contribution in [-0.4, -0.2) is 39.8 Å². The zero-order valence-corrected chi connectivity index (χ0v) is 15.6. The minimum atomic E-state index is -2.95. The average molecular weight is 367 g/mol.